The van der Waals surface area contributed by atoms with E-state index in [0.717, 1.165) is 21.8 Å². The summed E-state index contributed by atoms with van der Waals surface area (Å²) in [5.41, 5.74) is 6.53. The van der Waals surface area contributed by atoms with Gasteiger partial charge in [-0.1, -0.05) is 72.2 Å². The number of carbonyl (C=O) groups excluding carboxylic acids is 4. The SMILES string of the molecule is Cc1ncsc1-c1ccc(N(C)NC(=O)[C@@H]2C[C@@H](O)CN2C(=O)C(NC(=O)COCCCCOc2ccc(C(=O)NC3C(C)(C)C(Oc4ccc(C#N)c(Cl)c4)C3(C)C)cn2)C(C)(C)C)cc1. The van der Waals surface area contributed by atoms with Gasteiger partial charge in [-0.05, 0) is 61.1 Å². The fourth-order valence-electron chi connectivity index (χ4n) is 9.10. The Morgan fingerprint density at radius 2 is 1.73 bits per heavy atom. The molecule has 358 valence electrons. The van der Waals surface area contributed by atoms with Crippen molar-refractivity contribution in [3.63, 3.8) is 0 Å². The Morgan fingerprint density at radius 3 is 2.34 bits per heavy atom. The number of aliphatic hydroxyl groups is 1. The molecule has 2 fully saturated rings. The number of pyridine rings is 1. The molecule has 3 atom stereocenters. The molecule has 18 heteroatoms. The van der Waals surface area contributed by atoms with E-state index < -0.39 is 52.2 Å². The number of nitrogens with zero attached hydrogens (tertiary/aromatic N) is 5. The van der Waals surface area contributed by atoms with Crippen molar-refractivity contribution in [1.82, 2.24) is 30.9 Å². The molecule has 2 aromatic heterocycles. The number of unbranched alkanes of at least 4 members (excludes halogenated alkanes) is 1. The Labute approximate surface area is 401 Å². The third-order valence-corrected chi connectivity index (χ3v) is 13.7. The number of anilines is 1. The van der Waals surface area contributed by atoms with Crippen LogP contribution in [0, 0.1) is 34.5 Å². The van der Waals surface area contributed by atoms with Crippen molar-refractivity contribution in [2.45, 2.75) is 105 Å². The lowest BCUT2D eigenvalue weighted by molar-refractivity contribution is -0.164. The number of aromatic nitrogens is 2. The third-order valence-electron chi connectivity index (χ3n) is 12.4. The number of amides is 4. The molecule has 2 aliphatic rings. The van der Waals surface area contributed by atoms with E-state index in [0.29, 0.717) is 47.2 Å². The van der Waals surface area contributed by atoms with Crippen molar-refractivity contribution in [1.29, 1.82) is 5.26 Å². The summed E-state index contributed by atoms with van der Waals surface area (Å²) in [6.07, 6.45) is 1.57. The van der Waals surface area contributed by atoms with Gasteiger partial charge >= 0.3 is 0 Å². The highest BCUT2D eigenvalue weighted by molar-refractivity contribution is 7.13. The van der Waals surface area contributed by atoms with E-state index in [4.69, 9.17) is 25.8 Å². The highest BCUT2D eigenvalue weighted by atomic mass is 35.5. The van der Waals surface area contributed by atoms with E-state index in [-0.39, 0.29) is 44.2 Å². The molecule has 1 aliphatic heterocycles. The minimum atomic E-state index is -0.992. The molecule has 0 spiro atoms. The number of ether oxygens (including phenoxy) is 3. The standard InChI is InChI=1S/C49H61ClN8O8S/c1-29-40(67-28-53-29)30-12-16-33(17-13-30)57(9)56-43(62)37-22-34(59)26-58(37)44(63)41(47(2,3)4)54-38(60)27-64-20-10-11-21-65-39-19-15-32(25-52-39)42(61)55-45-48(5,6)46(49(45,7)8)66-35-18-14-31(24-51)36(50)23-35/h12-19,23,25,28,34,37,41,45-46,59H,10-11,20-22,26-27H2,1-9H3,(H,54,60)(H,55,61)(H,56,62)/t34-,37+,41?,45?,46?/m1/s1. The maximum absolute atomic E-state index is 14.0. The molecule has 4 amide bonds. The van der Waals surface area contributed by atoms with Gasteiger partial charge in [0.25, 0.3) is 11.8 Å². The van der Waals surface area contributed by atoms with Crippen LogP contribution in [-0.4, -0.2) is 107 Å². The smallest absolute Gasteiger partial charge is 0.261 e. The number of nitrogens with one attached hydrogen (secondary N) is 3. The number of rotatable bonds is 18. The van der Waals surface area contributed by atoms with Gasteiger partial charge in [0.2, 0.25) is 17.7 Å². The summed E-state index contributed by atoms with van der Waals surface area (Å²) in [5.74, 6) is -0.761. The molecule has 4 N–H and O–H groups in total. The molecule has 67 heavy (non-hydrogen) atoms. The summed E-state index contributed by atoms with van der Waals surface area (Å²) in [6, 6.07) is 15.9. The Hall–Kier alpha value is -5.80. The Morgan fingerprint density at radius 1 is 1.03 bits per heavy atom. The lowest BCUT2D eigenvalue weighted by Gasteiger charge is -2.63. The van der Waals surface area contributed by atoms with Gasteiger partial charge in [-0.15, -0.1) is 11.3 Å². The Balaban J connectivity index is 0.906. The zero-order valence-electron chi connectivity index (χ0n) is 39.5. The van der Waals surface area contributed by atoms with Gasteiger partial charge in [0.05, 0.1) is 50.6 Å². The van der Waals surface area contributed by atoms with Crippen LogP contribution in [0.4, 0.5) is 5.69 Å². The first-order valence-corrected chi connectivity index (χ1v) is 23.5. The van der Waals surface area contributed by atoms with Crippen LogP contribution in [0.25, 0.3) is 10.4 Å². The average molecular weight is 958 g/mol. The second kappa shape index (κ2) is 21.0. The fraction of sp³-hybridized carbons (Fsp3) is 0.490. The van der Waals surface area contributed by atoms with E-state index in [9.17, 15) is 29.5 Å². The lowest BCUT2D eigenvalue weighted by atomic mass is 9.49. The van der Waals surface area contributed by atoms with Crippen LogP contribution < -0.4 is 30.5 Å². The van der Waals surface area contributed by atoms with Crippen LogP contribution >= 0.6 is 22.9 Å². The largest absolute Gasteiger partial charge is 0.489 e. The van der Waals surface area contributed by atoms with Gasteiger partial charge < -0.3 is 34.9 Å². The number of thiazole rings is 1. The van der Waals surface area contributed by atoms with Gasteiger partial charge in [-0.25, -0.2) is 9.97 Å². The van der Waals surface area contributed by atoms with Crippen molar-refractivity contribution in [3.8, 4) is 28.1 Å². The molecule has 0 bridgehead atoms. The van der Waals surface area contributed by atoms with E-state index in [2.05, 4.69) is 26.0 Å². The lowest BCUT2D eigenvalue weighted by Crippen LogP contribution is -2.74. The number of aliphatic hydroxyl groups excluding tert-OH is 1. The number of carbonyl (C=O) groups is 4. The first kappa shape index (κ1) is 50.6. The molecule has 4 aromatic rings. The highest BCUT2D eigenvalue weighted by Crippen LogP contribution is 2.55. The summed E-state index contributed by atoms with van der Waals surface area (Å²) in [5, 5.41) is 27.7. The van der Waals surface area contributed by atoms with E-state index in [1.807, 2.05) is 85.7 Å². The molecule has 6 rings (SSSR count). The van der Waals surface area contributed by atoms with Gasteiger partial charge in [-0.3, -0.25) is 29.6 Å². The van der Waals surface area contributed by atoms with Crippen LogP contribution in [0.5, 0.6) is 11.6 Å². The average Bonchev–Trinajstić information content (AvgIpc) is 3.90. The quantitative estimate of drug-likeness (QED) is 0.0624. The maximum Gasteiger partial charge on any atom is 0.261 e. The third kappa shape index (κ3) is 11.8. The molecule has 16 nitrogen and oxygen atoms in total. The second-order valence-corrected chi connectivity index (χ2v) is 20.7. The van der Waals surface area contributed by atoms with E-state index in [1.165, 1.54) is 11.1 Å². The van der Waals surface area contributed by atoms with Crippen molar-refractivity contribution >= 4 is 52.3 Å². The minimum Gasteiger partial charge on any atom is -0.489 e. The summed E-state index contributed by atoms with van der Waals surface area (Å²) >= 11 is 7.78. The Bertz CT molecular complexity index is 2430. The number of benzene rings is 2. The Kier molecular flexibility index (Phi) is 15.9. The second-order valence-electron chi connectivity index (χ2n) is 19.4. The van der Waals surface area contributed by atoms with Gasteiger partial charge in [0.15, 0.2) is 0 Å². The first-order valence-electron chi connectivity index (χ1n) is 22.3. The zero-order valence-corrected chi connectivity index (χ0v) is 41.1. The molecule has 1 unspecified atom stereocenters. The van der Waals surface area contributed by atoms with E-state index in [1.54, 1.807) is 59.2 Å². The molecular formula is C49H61ClN8O8S. The summed E-state index contributed by atoms with van der Waals surface area (Å²) in [4.78, 5) is 65.1. The summed E-state index contributed by atoms with van der Waals surface area (Å²) in [6.45, 7) is 15.8. The van der Waals surface area contributed by atoms with Crippen molar-refractivity contribution in [2.75, 3.05) is 38.4 Å². The van der Waals surface area contributed by atoms with Crippen LogP contribution in [-0.2, 0) is 19.1 Å². The van der Waals surface area contributed by atoms with Crippen molar-refractivity contribution < 1.29 is 38.5 Å². The van der Waals surface area contributed by atoms with Gasteiger partial charge in [-0.2, -0.15) is 5.26 Å². The fourth-order valence-corrected chi connectivity index (χ4v) is 10.1. The van der Waals surface area contributed by atoms with Crippen LogP contribution in [0.15, 0.2) is 66.3 Å². The number of hydrazine groups is 1. The number of aryl methyl sites for hydroxylation is 1. The monoisotopic (exact) mass is 956 g/mol. The summed E-state index contributed by atoms with van der Waals surface area (Å²) in [7, 11) is 1.70. The first-order chi connectivity index (χ1) is 31.6. The van der Waals surface area contributed by atoms with E-state index >= 15 is 0 Å². The number of nitriles is 1. The van der Waals surface area contributed by atoms with Crippen LogP contribution in [0.2, 0.25) is 5.02 Å². The number of β-amino-alcohol motifs (C(OH)–C–C–N with tert-alkyl or cyclic N) is 1. The predicted octanol–water partition coefficient (Wildman–Crippen LogP) is 6.49. The van der Waals surface area contributed by atoms with Gasteiger partial charge in [0, 0.05) is 61.8 Å². The predicted molar refractivity (Wildman–Crippen MR) is 256 cm³/mol. The van der Waals surface area contributed by atoms with Crippen molar-refractivity contribution in [2.24, 2.45) is 16.2 Å². The molecule has 2 aromatic carbocycles. The number of hydrogen-bond acceptors (Lipinski definition) is 13. The number of hydrogen-bond donors (Lipinski definition) is 4. The normalized spacial score (nSPS) is 19.9. The number of likely N-dealkylation sites (tertiary alicyclic amines) is 1. The topological polar surface area (TPSA) is 208 Å². The molecule has 0 radical (unpaired) electrons. The molecule has 1 saturated carbocycles. The maximum atomic E-state index is 14.0. The highest BCUT2D eigenvalue weighted by Gasteiger charge is 2.64. The molecule has 1 saturated heterocycles. The van der Waals surface area contributed by atoms with Crippen LogP contribution in [0.1, 0.15) is 89.3 Å². The number of halogens is 1. The molecular weight excluding hydrogens is 896 g/mol. The summed E-state index contributed by atoms with van der Waals surface area (Å²) < 4.78 is 17.8. The zero-order chi connectivity index (χ0) is 48.8. The van der Waals surface area contributed by atoms with Gasteiger partial charge in [0.1, 0.15) is 36.6 Å². The van der Waals surface area contributed by atoms with Crippen LogP contribution in [0.3, 0.4) is 0 Å². The molecule has 1 aliphatic carbocycles. The molecule has 3 heterocycles. The van der Waals surface area contributed by atoms with Crippen molar-refractivity contribution in [3.05, 3.63) is 88.1 Å². The minimum absolute atomic E-state index is 0.0476.